The van der Waals surface area contributed by atoms with Crippen LogP contribution in [0.4, 0.5) is 0 Å². The van der Waals surface area contributed by atoms with Gasteiger partial charge in [0.1, 0.15) is 0 Å². The van der Waals surface area contributed by atoms with Gasteiger partial charge in [0.2, 0.25) is 0 Å². The fourth-order valence-electron chi connectivity index (χ4n) is 3.56. The van der Waals surface area contributed by atoms with Crippen molar-refractivity contribution in [2.45, 2.75) is 58.4 Å². The van der Waals surface area contributed by atoms with E-state index in [1.54, 1.807) is 0 Å². The number of piperidine rings is 1. The van der Waals surface area contributed by atoms with Gasteiger partial charge in [0.05, 0.1) is 19.8 Å². The van der Waals surface area contributed by atoms with Gasteiger partial charge in [-0.1, -0.05) is 6.42 Å². The molecule has 1 unspecified atom stereocenters. The van der Waals surface area contributed by atoms with E-state index < -0.39 is 0 Å². The fraction of sp³-hybridized carbons (Fsp3) is 0.950. The molecule has 2 heterocycles. The van der Waals surface area contributed by atoms with Crippen molar-refractivity contribution in [3.05, 3.63) is 0 Å². The van der Waals surface area contributed by atoms with E-state index in [0.717, 1.165) is 64.9 Å². The maximum atomic E-state index is 5.77. The predicted octanol–water partition coefficient (Wildman–Crippen LogP) is 2.87. The summed E-state index contributed by atoms with van der Waals surface area (Å²) in [5, 5.41) is 6.80. The van der Waals surface area contributed by atoms with Crippen LogP contribution in [0.1, 0.15) is 52.9 Å². The number of nitrogens with zero attached hydrogens (tertiary/aromatic N) is 2. The Labute approximate surface area is 183 Å². The molecule has 7 heteroatoms. The Hall–Kier alpha value is -0.120. The van der Waals surface area contributed by atoms with Gasteiger partial charge in [-0.15, -0.1) is 24.0 Å². The highest BCUT2D eigenvalue weighted by atomic mass is 127. The van der Waals surface area contributed by atoms with Crippen molar-refractivity contribution in [2.24, 2.45) is 10.9 Å². The Morgan fingerprint density at radius 2 is 2.00 bits per heavy atom. The molecule has 0 bridgehead atoms. The number of rotatable bonds is 10. The minimum atomic E-state index is 0. The zero-order valence-corrected chi connectivity index (χ0v) is 19.9. The van der Waals surface area contributed by atoms with Crippen molar-refractivity contribution < 1.29 is 9.47 Å². The molecule has 0 spiro atoms. The summed E-state index contributed by atoms with van der Waals surface area (Å²) < 4.78 is 11.1. The van der Waals surface area contributed by atoms with E-state index in [4.69, 9.17) is 14.5 Å². The van der Waals surface area contributed by atoms with Crippen LogP contribution >= 0.6 is 24.0 Å². The largest absolute Gasteiger partial charge is 0.381 e. The van der Waals surface area contributed by atoms with E-state index in [2.05, 4.69) is 36.3 Å². The number of ether oxygens (including phenoxy) is 2. The lowest BCUT2D eigenvalue weighted by Gasteiger charge is -2.40. The van der Waals surface area contributed by atoms with E-state index >= 15 is 0 Å². The van der Waals surface area contributed by atoms with Crippen LogP contribution in [0, 0.1) is 5.92 Å². The van der Waals surface area contributed by atoms with Gasteiger partial charge < -0.3 is 20.1 Å². The van der Waals surface area contributed by atoms with Crippen LogP contribution in [0.25, 0.3) is 0 Å². The molecule has 0 aromatic carbocycles. The molecule has 0 aromatic heterocycles. The first-order valence-electron chi connectivity index (χ1n) is 10.5. The lowest BCUT2D eigenvalue weighted by atomic mass is 9.99. The summed E-state index contributed by atoms with van der Waals surface area (Å²) in [6, 6.07) is 0. The molecule has 2 aliphatic rings. The van der Waals surface area contributed by atoms with Crippen molar-refractivity contribution in [3.63, 3.8) is 0 Å². The summed E-state index contributed by atoms with van der Waals surface area (Å²) in [4.78, 5) is 7.42. The summed E-state index contributed by atoms with van der Waals surface area (Å²) in [5.74, 6) is 1.51. The van der Waals surface area contributed by atoms with Gasteiger partial charge in [0.15, 0.2) is 5.96 Å². The molecule has 2 rings (SSSR count). The lowest BCUT2D eigenvalue weighted by molar-refractivity contribution is 0.0887. The van der Waals surface area contributed by atoms with Crippen LogP contribution in [0.2, 0.25) is 0 Å². The molecular weight excluding hydrogens is 455 g/mol. The van der Waals surface area contributed by atoms with Crippen molar-refractivity contribution in [1.29, 1.82) is 0 Å². The van der Waals surface area contributed by atoms with Gasteiger partial charge in [-0.05, 0) is 59.5 Å². The predicted molar refractivity (Wildman–Crippen MR) is 123 cm³/mol. The first-order chi connectivity index (χ1) is 12.6. The molecule has 2 aliphatic heterocycles. The van der Waals surface area contributed by atoms with Crippen LogP contribution in [-0.2, 0) is 9.47 Å². The van der Waals surface area contributed by atoms with Crippen LogP contribution in [0.5, 0.6) is 0 Å². The summed E-state index contributed by atoms with van der Waals surface area (Å²) in [5.41, 5.74) is 0.120. The third-order valence-electron chi connectivity index (χ3n) is 5.32. The minimum absolute atomic E-state index is 0. The molecule has 2 N–H and O–H groups in total. The number of likely N-dealkylation sites (tertiary alicyclic amines) is 1. The minimum Gasteiger partial charge on any atom is -0.381 e. The second-order valence-corrected chi connectivity index (χ2v) is 8.14. The first-order valence-corrected chi connectivity index (χ1v) is 10.5. The molecule has 0 aliphatic carbocycles. The second kappa shape index (κ2) is 14.0. The monoisotopic (exact) mass is 496 g/mol. The van der Waals surface area contributed by atoms with Crippen LogP contribution < -0.4 is 10.6 Å². The number of guanidine groups is 1. The van der Waals surface area contributed by atoms with E-state index in [-0.39, 0.29) is 29.5 Å². The van der Waals surface area contributed by atoms with Crippen LogP contribution in [0.3, 0.4) is 0 Å². The SMILES string of the molecule is CCNC(=NCC(C)(C)N1CCCCC1)NCCCOCC1CCOC1.I. The van der Waals surface area contributed by atoms with Gasteiger partial charge in [0.25, 0.3) is 0 Å². The van der Waals surface area contributed by atoms with Crippen LogP contribution in [-0.4, -0.2) is 75.5 Å². The highest BCUT2D eigenvalue weighted by Gasteiger charge is 2.27. The highest BCUT2D eigenvalue weighted by molar-refractivity contribution is 14.0. The third kappa shape index (κ3) is 9.76. The average Bonchev–Trinajstić information content (AvgIpc) is 3.16. The molecule has 0 aromatic rings. The molecule has 160 valence electrons. The Balaban J connectivity index is 0.00000364. The van der Waals surface area contributed by atoms with Gasteiger partial charge >= 0.3 is 0 Å². The smallest absolute Gasteiger partial charge is 0.191 e. The maximum Gasteiger partial charge on any atom is 0.191 e. The molecule has 27 heavy (non-hydrogen) atoms. The molecule has 0 saturated carbocycles. The number of nitrogens with one attached hydrogen (secondary N) is 2. The molecule has 2 fully saturated rings. The lowest BCUT2D eigenvalue weighted by Crippen LogP contribution is -2.49. The van der Waals surface area contributed by atoms with Crippen molar-refractivity contribution >= 4 is 29.9 Å². The molecule has 0 radical (unpaired) electrons. The van der Waals surface area contributed by atoms with Crippen LogP contribution in [0.15, 0.2) is 4.99 Å². The number of halogens is 1. The Morgan fingerprint density at radius 3 is 2.67 bits per heavy atom. The first kappa shape index (κ1) is 24.9. The topological polar surface area (TPSA) is 58.1 Å². The normalized spacial score (nSPS) is 21.7. The zero-order chi connectivity index (χ0) is 18.7. The molecular formula is C20H41IN4O2. The number of hydrogen-bond acceptors (Lipinski definition) is 4. The quantitative estimate of drug-likeness (QED) is 0.211. The number of hydrogen-bond donors (Lipinski definition) is 2. The molecule has 2 saturated heterocycles. The third-order valence-corrected chi connectivity index (χ3v) is 5.32. The van der Waals surface area contributed by atoms with Gasteiger partial charge in [0, 0.05) is 37.8 Å². The zero-order valence-electron chi connectivity index (χ0n) is 17.6. The fourth-order valence-corrected chi connectivity index (χ4v) is 3.56. The molecule has 0 amide bonds. The Morgan fingerprint density at radius 1 is 1.22 bits per heavy atom. The maximum absolute atomic E-state index is 5.77. The van der Waals surface area contributed by atoms with Gasteiger partial charge in [-0.3, -0.25) is 9.89 Å². The summed E-state index contributed by atoms with van der Waals surface area (Å²) in [6.45, 7) is 15.1. The van der Waals surface area contributed by atoms with E-state index in [1.807, 2.05) is 0 Å². The summed E-state index contributed by atoms with van der Waals surface area (Å²) in [6.07, 6.45) is 6.14. The van der Waals surface area contributed by atoms with Crippen molar-refractivity contribution in [3.8, 4) is 0 Å². The van der Waals surface area contributed by atoms with E-state index in [1.165, 1.54) is 32.4 Å². The van der Waals surface area contributed by atoms with Crippen molar-refractivity contribution in [2.75, 3.05) is 59.2 Å². The highest BCUT2D eigenvalue weighted by Crippen LogP contribution is 2.20. The van der Waals surface area contributed by atoms with E-state index in [9.17, 15) is 0 Å². The molecule has 1 atom stereocenters. The standard InChI is InChI=1S/C20H40N4O2.HI/c1-4-21-19(22-10-8-13-25-15-18-9-14-26-16-18)23-17-20(2,3)24-11-6-5-7-12-24;/h18H,4-17H2,1-3H3,(H2,21,22,23);1H. The van der Waals surface area contributed by atoms with Gasteiger partial charge in [-0.25, -0.2) is 0 Å². The van der Waals surface area contributed by atoms with E-state index in [0.29, 0.717) is 5.92 Å². The summed E-state index contributed by atoms with van der Waals surface area (Å²) in [7, 11) is 0. The Bertz CT molecular complexity index is 409. The molecule has 6 nitrogen and oxygen atoms in total. The van der Waals surface area contributed by atoms with Crippen molar-refractivity contribution in [1.82, 2.24) is 15.5 Å². The second-order valence-electron chi connectivity index (χ2n) is 8.14. The number of aliphatic imine (C=N–C) groups is 1. The Kier molecular flexibility index (Phi) is 12.9. The average molecular weight is 496 g/mol. The summed E-state index contributed by atoms with van der Waals surface area (Å²) >= 11 is 0. The van der Waals surface area contributed by atoms with Gasteiger partial charge in [-0.2, -0.15) is 0 Å².